The molecule has 0 N–H and O–H groups in total. The van der Waals surface area contributed by atoms with Gasteiger partial charge >= 0.3 is 0 Å². The molecule has 1 unspecified atom stereocenters. The van der Waals surface area contributed by atoms with Gasteiger partial charge in [-0.25, -0.2) is 13.4 Å². The van der Waals surface area contributed by atoms with Gasteiger partial charge in [0, 0.05) is 18.2 Å². The Morgan fingerprint density at radius 3 is 2.64 bits per heavy atom. The lowest BCUT2D eigenvalue weighted by molar-refractivity contribution is 0.246. The zero-order valence-corrected chi connectivity index (χ0v) is 15.0. The number of piperidine rings is 1. The molecular formula is C19H21N3O2S. The number of nitriles is 1. The van der Waals surface area contributed by atoms with E-state index in [1.165, 1.54) is 0 Å². The Hall–Kier alpha value is -2.23. The van der Waals surface area contributed by atoms with Crippen LogP contribution in [-0.2, 0) is 10.0 Å². The highest BCUT2D eigenvalue weighted by molar-refractivity contribution is 7.89. The molecule has 1 fully saturated rings. The first kappa shape index (κ1) is 17.6. The van der Waals surface area contributed by atoms with E-state index in [2.05, 4.69) is 11.1 Å². The van der Waals surface area contributed by atoms with Gasteiger partial charge < -0.3 is 0 Å². The zero-order valence-electron chi connectivity index (χ0n) is 14.2. The van der Waals surface area contributed by atoms with Crippen molar-refractivity contribution in [3.63, 3.8) is 0 Å². The molecule has 0 spiro atoms. The molecule has 2 aromatic rings. The molecule has 5 nitrogen and oxygen atoms in total. The van der Waals surface area contributed by atoms with Crippen LogP contribution in [0.15, 0.2) is 47.5 Å². The van der Waals surface area contributed by atoms with Gasteiger partial charge in [0.25, 0.3) is 10.0 Å². The number of hydrogen-bond donors (Lipinski definition) is 0. The average molecular weight is 355 g/mol. The summed E-state index contributed by atoms with van der Waals surface area (Å²) < 4.78 is 27.7. The van der Waals surface area contributed by atoms with Crippen molar-refractivity contribution in [3.8, 4) is 17.3 Å². The van der Waals surface area contributed by atoms with Crippen LogP contribution >= 0.6 is 0 Å². The van der Waals surface area contributed by atoms with Crippen molar-refractivity contribution in [3.05, 3.63) is 48.0 Å². The Morgan fingerprint density at radius 2 is 1.96 bits per heavy atom. The number of rotatable bonds is 4. The van der Waals surface area contributed by atoms with Crippen molar-refractivity contribution in [1.82, 2.24) is 9.29 Å². The van der Waals surface area contributed by atoms with E-state index in [4.69, 9.17) is 5.26 Å². The van der Waals surface area contributed by atoms with E-state index < -0.39 is 10.0 Å². The number of pyridine rings is 1. The predicted molar refractivity (Wildman–Crippen MR) is 96.2 cm³/mol. The monoisotopic (exact) mass is 355 g/mol. The molecule has 1 aliphatic heterocycles. The summed E-state index contributed by atoms with van der Waals surface area (Å²) in [6.45, 7) is 2.59. The van der Waals surface area contributed by atoms with E-state index in [1.807, 2.05) is 6.92 Å². The number of nitrogens with zero attached hydrogens (tertiary/aromatic N) is 3. The van der Waals surface area contributed by atoms with Crippen LogP contribution in [0.5, 0.6) is 0 Å². The smallest absolute Gasteiger partial charge is 0.235 e. The van der Waals surface area contributed by atoms with Crippen molar-refractivity contribution in [2.75, 3.05) is 6.54 Å². The molecular weight excluding hydrogens is 334 g/mol. The fourth-order valence-electron chi connectivity index (χ4n) is 3.25. The van der Waals surface area contributed by atoms with Crippen LogP contribution in [0.4, 0.5) is 0 Å². The highest BCUT2D eigenvalue weighted by Crippen LogP contribution is 2.27. The van der Waals surface area contributed by atoms with E-state index in [1.54, 1.807) is 46.8 Å². The molecule has 1 atom stereocenters. The van der Waals surface area contributed by atoms with Gasteiger partial charge in [0.05, 0.1) is 17.3 Å². The molecule has 0 saturated carbocycles. The van der Waals surface area contributed by atoms with Crippen LogP contribution in [-0.4, -0.2) is 30.3 Å². The van der Waals surface area contributed by atoms with E-state index >= 15 is 0 Å². The Labute approximate surface area is 149 Å². The standard InChI is InChI=1S/C19H21N3O2S/c1-2-17-6-3-4-13-22(17)25(23,24)19-8-5-7-18(21-19)16-11-9-15(14-20)10-12-16/h5,7-12,17H,2-4,6,13H2,1H3. The lowest BCUT2D eigenvalue weighted by Crippen LogP contribution is -2.43. The minimum atomic E-state index is -3.60. The van der Waals surface area contributed by atoms with Crippen molar-refractivity contribution in [2.24, 2.45) is 0 Å². The first-order valence-corrected chi connectivity index (χ1v) is 9.99. The van der Waals surface area contributed by atoms with Crippen molar-refractivity contribution < 1.29 is 8.42 Å². The largest absolute Gasteiger partial charge is 0.260 e. The first-order chi connectivity index (χ1) is 12.1. The number of aromatic nitrogens is 1. The third-order valence-electron chi connectivity index (χ3n) is 4.65. The molecule has 1 aliphatic rings. The first-order valence-electron chi connectivity index (χ1n) is 8.55. The summed E-state index contributed by atoms with van der Waals surface area (Å²) in [6.07, 6.45) is 3.69. The lowest BCUT2D eigenvalue weighted by atomic mass is 10.0. The molecule has 1 aromatic heterocycles. The summed E-state index contributed by atoms with van der Waals surface area (Å²) >= 11 is 0. The number of benzene rings is 1. The van der Waals surface area contributed by atoms with E-state index in [0.29, 0.717) is 17.8 Å². The van der Waals surface area contributed by atoms with Gasteiger partial charge in [-0.05, 0) is 43.5 Å². The van der Waals surface area contributed by atoms with Gasteiger partial charge in [-0.2, -0.15) is 9.57 Å². The fraction of sp³-hybridized carbons (Fsp3) is 0.368. The molecule has 6 heteroatoms. The van der Waals surface area contributed by atoms with Crippen molar-refractivity contribution in [1.29, 1.82) is 5.26 Å². The van der Waals surface area contributed by atoms with Gasteiger partial charge in [-0.1, -0.05) is 31.5 Å². The molecule has 1 saturated heterocycles. The molecule has 0 radical (unpaired) electrons. The summed E-state index contributed by atoms with van der Waals surface area (Å²) in [5.41, 5.74) is 1.95. The van der Waals surface area contributed by atoms with Crippen LogP contribution in [0.3, 0.4) is 0 Å². The fourth-order valence-corrected chi connectivity index (χ4v) is 4.97. The van der Waals surface area contributed by atoms with Crippen LogP contribution in [0.25, 0.3) is 11.3 Å². The zero-order chi connectivity index (χ0) is 17.9. The Balaban J connectivity index is 1.96. The van der Waals surface area contributed by atoms with Crippen LogP contribution < -0.4 is 0 Å². The normalized spacial score (nSPS) is 18.6. The van der Waals surface area contributed by atoms with Gasteiger partial charge in [-0.15, -0.1) is 0 Å². The lowest BCUT2D eigenvalue weighted by Gasteiger charge is -2.33. The van der Waals surface area contributed by atoms with Gasteiger partial charge in [-0.3, -0.25) is 0 Å². The second kappa shape index (κ2) is 7.34. The predicted octanol–water partition coefficient (Wildman–Crippen LogP) is 3.57. The third-order valence-corrected chi connectivity index (χ3v) is 6.50. The molecule has 2 heterocycles. The molecule has 3 rings (SSSR count). The summed E-state index contributed by atoms with van der Waals surface area (Å²) in [5, 5.41) is 8.98. The van der Waals surface area contributed by atoms with Crippen LogP contribution in [0.1, 0.15) is 38.2 Å². The van der Waals surface area contributed by atoms with Gasteiger partial charge in [0.1, 0.15) is 0 Å². The van der Waals surface area contributed by atoms with E-state index in [9.17, 15) is 8.42 Å². The Morgan fingerprint density at radius 1 is 1.20 bits per heavy atom. The van der Waals surface area contributed by atoms with Gasteiger partial charge in [0.2, 0.25) is 0 Å². The molecule has 130 valence electrons. The Kier molecular flexibility index (Phi) is 5.16. The number of sulfonamides is 1. The van der Waals surface area contributed by atoms with E-state index in [0.717, 1.165) is 31.2 Å². The number of hydrogen-bond acceptors (Lipinski definition) is 4. The van der Waals surface area contributed by atoms with Gasteiger partial charge in [0.15, 0.2) is 5.03 Å². The minimum Gasteiger partial charge on any atom is -0.235 e. The molecule has 1 aromatic carbocycles. The second-order valence-corrected chi connectivity index (χ2v) is 8.06. The summed E-state index contributed by atoms with van der Waals surface area (Å²) in [7, 11) is -3.60. The maximum Gasteiger partial charge on any atom is 0.260 e. The van der Waals surface area contributed by atoms with Crippen LogP contribution in [0, 0.1) is 11.3 Å². The average Bonchev–Trinajstić information content (AvgIpc) is 2.68. The molecule has 0 bridgehead atoms. The maximum atomic E-state index is 13.1. The maximum absolute atomic E-state index is 13.1. The highest BCUT2D eigenvalue weighted by atomic mass is 32.2. The highest BCUT2D eigenvalue weighted by Gasteiger charge is 2.33. The molecule has 0 amide bonds. The third kappa shape index (κ3) is 3.58. The summed E-state index contributed by atoms with van der Waals surface area (Å²) in [6, 6.07) is 14.2. The summed E-state index contributed by atoms with van der Waals surface area (Å²) in [5.74, 6) is 0. The van der Waals surface area contributed by atoms with Crippen molar-refractivity contribution in [2.45, 2.75) is 43.7 Å². The molecule has 25 heavy (non-hydrogen) atoms. The second-order valence-electron chi connectivity index (χ2n) is 6.22. The SMILES string of the molecule is CCC1CCCCN1S(=O)(=O)c1cccc(-c2ccc(C#N)cc2)n1. The quantitative estimate of drug-likeness (QED) is 0.840. The van der Waals surface area contributed by atoms with E-state index in [-0.39, 0.29) is 11.1 Å². The van der Waals surface area contributed by atoms with Crippen LogP contribution in [0.2, 0.25) is 0 Å². The Bertz CT molecular complexity index is 886. The topological polar surface area (TPSA) is 74.1 Å². The minimum absolute atomic E-state index is 0.0547. The molecule has 0 aliphatic carbocycles. The van der Waals surface area contributed by atoms with Crippen molar-refractivity contribution >= 4 is 10.0 Å². The summed E-state index contributed by atoms with van der Waals surface area (Å²) in [4.78, 5) is 4.40.